The number of carbonyl (C=O) groups is 2. The lowest BCUT2D eigenvalue weighted by molar-refractivity contribution is -0.132. The molecule has 2 heterocycles. The Morgan fingerprint density at radius 2 is 1.93 bits per heavy atom. The summed E-state index contributed by atoms with van der Waals surface area (Å²) in [4.78, 5) is 25.4. The molecular weight excluding hydrogens is 350 g/mol. The van der Waals surface area contributed by atoms with E-state index in [0.29, 0.717) is 24.7 Å². The molecule has 1 amide bonds. The Morgan fingerprint density at radius 3 is 2.63 bits per heavy atom. The highest BCUT2D eigenvalue weighted by molar-refractivity contribution is 5.89. The Balaban J connectivity index is 1.40. The number of carbonyl (C=O) groups excluding carboxylic acids is 1. The number of ether oxygens (including phenoxy) is 2. The summed E-state index contributed by atoms with van der Waals surface area (Å²) in [5, 5.41) is 9.11. The minimum absolute atomic E-state index is 0.0285. The molecule has 7 nitrogen and oxygen atoms in total. The van der Waals surface area contributed by atoms with Crippen LogP contribution in [0.15, 0.2) is 28.7 Å². The van der Waals surface area contributed by atoms with Crippen LogP contribution in [0.1, 0.15) is 39.8 Å². The lowest BCUT2D eigenvalue weighted by Crippen LogP contribution is -2.27. The molecular formula is C20H21NO6. The molecule has 0 bridgehead atoms. The van der Waals surface area contributed by atoms with Crippen LogP contribution in [0.5, 0.6) is 11.5 Å². The SMILES string of the molecule is Cc1oc(CN(C)C(=O)C2CC2c2ccc3c(c2)OCCO3)cc1C(=O)O. The van der Waals surface area contributed by atoms with Crippen molar-refractivity contribution < 1.29 is 28.6 Å². The summed E-state index contributed by atoms with van der Waals surface area (Å²) >= 11 is 0. The molecule has 0 spiro atoms. The van der Waals surface area contributed by atoms with Gasteiger partial charge in [-0.15, -0.1) is 0 Å². The van der Waals surface area contributed by atoms with E-state index in [0.717, 1.165) is 23.5 Å². The van der Waals surface area contributed by atoms with Crippen LogP contribution in [0, 0.1) is 12.8 Å². The predicted molar refractivity (Wildman–Crippen MR) is 95.2 cm³/mol. The van der Waals surface area contributed by atoms with Crippen LogP contribution < -0.4 is 9.47 Å². The van der Waals surface area contributed by atoms with E-state index in [9.17, 15) is 9.59 Å². The molecule has 2 unspecified atom stereocenters. The van der Waals surface area contributed by atoms with Gasteiger partial charge in [0.1, 0.15) is 30.3 Å². The zero-order chi connectivity index (χ0) is 19.1. The standard InChI is InChI=1S/C20H21NO6/c1-11-14(20(23)24)8-13(27-11)10-21(2)19(22)16-9-15(16)12-3-4-17-18(7-12)26-6-5-25-17/h3-4,7-8,15-16H,5-6,9-10H2,1-2H3,(H,23,24). The topological polar surface area (TPSA) is 89.2 Å². The Morgan fingerprint density at radius 1 is 1.19 bits per heavy atom. The molecule has 1 aromatic heterocycles. The number of furan rings is 1. The van der Waals surface area contributed by atoms with Gasteiger partial charge in [-0.1, -0.05) is 6.07 Å². The highest BCUT2D eigenvalue weighted by Gasteiger charge is 2.45. The first-order valence-electron chi connectivity index (χ1n) is 8.91. The molecule has 27 heavy (non-hydrogen) atoms. The molecule has 2 atom stereocenters. The normalized spacial score (nSPS) is 20.2. The van der Waals surface area contributed by atoms with Gasteiger partial charge in [-0.05, 0) is 43.0 Å². The van der Waals surface area contributed by atoms with Crippen molar-refractivity contribution >= 4 is 11.9 Å². The number of rotatable bonds is 5. The number of fused-ring (bicyclic) bond motifs is 1. The van der Waals surface area contributed by atoms with Crippen LogP contribution in [0.2, 0.25) is 0 Å². The molecule has 0 saturated heterocycles. The molecule has 142 valence electrons. The van der Waals surface area contributed by atoms with Crippen LogP contribution in [0.25, 0.3) is 0 Å². The third-order valence-corrected chi connectivity index (χ3v) is 5.07. The van der Waals surface area contributed by atoms with Crippen LogP contribution in [0.3, 0.4) is 0 Å². The molecule has 1 fully saturated rings. The van der Waals surface area contributed by atoms with Crippen molar-refractivity contribution in [2.45, 2.75) is 25.8 Å². The van der Waals surface area contributed by atoms with Gasteiger partial charge in [0, 0.05) is 13.0 Å². The average molecular weight is 371 g/mol. The van der Waals surface area contributed by atoms with Crippen molar-refractivity contribution in [1.29, 1.82) is 0 Å². The molecule has 1 N–H and O–H groups in total. The van der Waals surface area contributed by atoms with Crippen LogP contribution in [-0.2, 0) is 11.3 Å². The monoisotopic (exact) mass is 371 g/mol. The molecule has 1 aliphatic heterocycles. The van der Waals surface area contributed by atoms with Crippen molar-refractivity contribution in [3.63, 3.8) is 0 Å². The van der Waals surface area contributed by atoms with Crippen LogP contribution in [0.4, 0.5) is 0 Å². The number of benzene rings is 1. The summed E-state index contributed by atoms with van der Waals surface area (Å²) in [7, 11) is 1.71. The predicted octanol–water partition coefficient (Wildman–Crippen LogP) is 2.82. The second-order valence-corrected chi connectivity index (χ2v) is 7.03. The third-order valence-electron chi connectivity index (χ3n) is 5.07. The quantitative estimate of drug-likeness (QED) is 0.869. The molecule has 1 aliphatic carbocycles. The smallest absolute Gasteiger partial charge is 0.339 e. The minimum Gasteiger partial charge on any atom is -0.486 e. The summed E-state index contributed by atoms with van der Waals surface area (Å²) in [6.45, 7) is 2.94. The Labute approximate surface area is 156 Å². The fourth-order valence-electron chi connectivity index (χ4n) is 3.56. The number of aromatic carboxylic acids is 1. The van der Waals surface area contributed by atoms with Crippen molar-refractivity contribution in [3.8, 4) is 11.5 Å². The third kappa shape index (κ3) is 3.37. The van der Waals surface area contributed by atoms with Crippen molar-refractivity contribution in [2.75, 3.05) is 20.3 Å². The molecule has 7 heteroatoms. The van der Waals surface area contributed by atoms with Gasteiger partial charge >= 0.3 is 5.97 Å². The average Bonchev–Trinajstić information content (AvgIpc) is 3.37. The zero-order valence-corrected chi connectivity index (χ0v) is 15.2. The van der Waals surface area contributed by atoms with E-state index in [-0.39, 0.29) is 29.9 Å². The molecule has 1 aromatic carbocycles. The van der Waals surface area contributed by atoms with Gasteiger partial charge < -0.3 is 23.9 Å². The molecule has 0 radical (unpaired) electrons. The summed E-state index contributed by atoms with van der Waals surface area (Å²) in [6.07, 6.45) is 0.792. The number of hydrogen-bond donors (Lipinski definition) is 1. The fourth-order valence-corrected chi connectivity index (χ4v) is 3.56. The van der Waals surface area contributed by atoms with Gasteiger partial charge in [-0.25, -0.2) is 4.79 Å². The molecule has 2 aliphatic rings. The number of aryl methyl sites for hydroxylation is 1. The summed E-state index contributed by atoms with van der Waals surface area (Å²) in [5.41, 5.74) is 1.21. The zero-order valence-electron chi connectivity index (χ0n) is 15.2. The van der Waals surface area contributed by atoms with E-state index in [1.807, 2.05) is 18.2 Å². The van der Waals surface area contributed by atoms with Gasteiger partial charge in [0.05, 0.1) is 6.54 Å². The van der Waals surface area contributed by atoms with Crippen molar-refractivity contribution in [3.05, 3.63) is 46.9 Å². The van der Waals surface area contributed by atoms with Gasteiger partial charge in [-0.3, -0.25) is 4.79 Å². The Hall–Kier alpha value is -2.96. The van der Waals surface area contributed by atoms with E-state index in [2.05, 4.69) is 0 Å². The van der Waals surface area contributed by atoms with Crippen LogP contribution >= 0.6 is 0 Å². The van der Waals surface area contributed by atoms with Gasteiger partial charge in [0.15, 0.2) is 11.5 Å². The highest BCUT2D eigenvalue weighted by atomic mass is 16.6. The molecule has 4 rings (SSSR count). The Kier molecular flexibility index (Phi) is 4.30. The first kappa shape index (κ1) is 17.5. The molecule has 1 saturated carbocycles. The minimum atomic E-state index is -1.03. The van der Waals surface area contributed by atoms with Gasteiger partial charge in [0.25, 0.3) is 0 Å². The number of nitrogens with zero attached hydrogens (tertiary/aromatic N) is 1. The summed E-state index contributed by atoms with van der Waals surface area (Å²) in [5.74, 6) is 1.39. The second kappa shape index (κ2) is 6.64. The molecule has 2 aromatic rings. The first-order valence-corrected chi connectivity index (χ1v) is 8.91. The van der Waals surface area contributed by atoms with E-state index in [1.165, 1.54) is 6.07 Å². The van der Waals surface area contributed by atoms with E-state index in [1.54, 1.807) is 18.9 Å². The van der Waals surface area contributed by atoms with Gasteiger partial charge in [-0.2, -0.15) is 0 Å². The lowest BCUT2D eigenvalue weighted by atomic mass is 10.1. The summed E-state index contributed by atoms with van der Waals surface area (Å²) in [6, 6.07) is 7.32. The number of carboxylic acids is 1. The largest absolute Gasteiger partial charge is 0.486 e. The maximum Gasteiger partial charge on any atom is 0.339 e. The second-order valence-electron chi connectivity index (χ2n) is 7.03. The van der Waals surface area contributed by atoms with Crippen LogP contribution in [-0.4, -0.2) is 42.1 Å². The maximum atomic E-state index is 12.7. The fraction of sp³-hybridized carbons (Fsp3) is 0.400. The van der Waals surface area contributed by atoms with Crippen molar-refractivity contribution in [1.82, 2.24) is 4.90 Å². The van der Waals surface area contributed by atoms with E-state index < -0.39 is 5.97 Å². The number of hydrogen-bond acceptors (Lipinski definition) is 5. The van der Waals surface area contributed by atoms with Crippen molar-refractivity contribution in [2.24, 2.45) is 5.92 Å². The number of carboxylic acid groups (broad SMARTS) is 1. The maximum absolute atomic E-state index is 12.7. The van der Waals surface area contributed by atoms with E-state index in [4.69, 9.17) is 19.0 Å². The Bertz CT molecular complexity index is 902. The highest BCUT2D eigenvalue weighted by Crippen LogP contribution is 2.50. The first-order chi connectivity index (χ1) is 12.9. The summed E-state index contributed by atoms with van der Waals surface area (Å²) < 4.78 is 16.6. The lowest BCUT2D eigenvalue weighted by Gasteiger charge is -2.19. The van der Waals surface area contributed by atoms with E-state index >= 15 is 0 Å². The van der Waals surface area contributed by atoms with Gasteiger partial charge in [0.2, 0.25) is 5.91 Å². The number of amides is 1.